The van der Waals surface area contributed by atoms with Gasteiger partial charge in [-0.05, 0) is 30.9 Å². The van der Waals surface area contributed by atoms with Crippen LogP contribution in [0.5, 0.6) is 0 Å². The lowest BCUT2D eigenvalue weighted by molar-refractivity contribution is -0.142. The number of hydrogen-bond donors (Lipinski definition) is 1. The van der Waals surface area contributed by atoms with Gasteiger partial charge in [-0.3, -0.25) is 19.7 Å². The smallest absolute Gasteiger partial charge is 0.255 e. The molecule has 1 fully saturated rings. The summed E-state index contributed by atoms with van der Waals surface area (Å²) in [5.41, 5.74) is 1.81. The van der Waals surface area contributed by atoms with Gasteiger partial charge in [-0.25, -0.2) is 0 Å². The predicted octanol–water partition coefficient (Wildman–Crippen LogP) is 2.43. The molecule has 0 unspecified atom stereocenters. The van der Waals surface area contributed by atoms with E-state index in [1.54, 1.807) is 11.8 Å². The summed E-state index contributed by atoms with van der Waals surface area (Å²) in [4.78, 5) is 38.2. The molecule has 0 saturated carbocycles. The van der Waals surface area contributed by atoms with Crippen LogP contribution in [0.3, 0.4) is 0 Å². The minimum atomic E-state index is -0.951. The molecule has 5 nitrogen and oxygen atoms in total. The second-order valence-corrected chi connectivity index (χ2v) is 6.24. The molecule has 1 aromatic carbocycles. The largest absolute Gasteiger partial charge is 0.320 e. The highest BCUT2D eigenvalue weighted by atomic mass is 16.2. The Hall–Kier alpha value is -2.17. The highest BCUT2D eigenvalue weighted by Gasteiger charge is 2.48. The number of imide groups is 1. The quantitative estimate of drug-likeness (QED) is 0.871. The maximum absolute atomic E-state index is 12.9. The number of carbonyl (C=O) groups is 3. The molecule has 1 aromatic rings. The molecule has 1 N–H and O–H groups in total. The zero-order valence-corrected chi connectivity index (χ0v) is 12.9. The van der Waals surface area contributed by atoms with E-state index in [1.807, 2.05) is 18.2 Å². The van der Waals surface area contributed by atoms with Crippen LogP contribution < -0.4 is 5.32 Å². The number of fused-ring (bicyclic) bond motifs is 1. The van der Waals surface area contributed by atoms with Gasteiger partial charge in [0.1, 0.15) is 5.54 Å². The molecular formula is C18H24N2O3. The maximum atomic E-state index is 12.9. The van der Waals surface area contributed by atoms with Crippen LogP contribution in [0.25, 0.3) is 0 Å². The van der Waals surface area contributed by atoms with Gasteiger partial charge in [0.2, 0.25) is 5.91 Å². The topological polar surface area (TPSA) is 66.5 Å². The molecule has 1 atom stereocenters. The molecule has 1 saturated heterocycles. The van der Waals surface area contributed by atoms with Gasteiger partial charge in [0.05, 0.1) is 0 Å². The predicted molar refractivity (Wildman–Crippen MR) is 87.8 cm³/mol. The van der Waals surface area contributed by atoms with Crippen LogP contribution >= 0.6 is 0 Å². The molecule has 124 valence electrons. The van der Waals surface area contributed by atoms with E-state index in [0.29, 0.717) is 13.0 Å². The summed E-state index contributed by atoms with van der Waals surface area (Å²) in [6.45, 7) is 4.26. The van der Waals surface area contributed by atoms with E-state index in [2.05, 4.69) is 12.2 Å². The van der Waals surface area contributed by atoms with Crippen LogP contribution in [0.2, 0.25) is 0 Å². The lowest BCUT2D eigenvalue weighted by Gasteiger charge is -2.39. The second-order valence-electron chi connectivity index (χ2n) is 6.24. The van der Waals surface area contributed by atoms with Gasteiger partial charge in [-0.15, -0.1) is 0 Å². The maximum Gasteiger partial charge on any atom is 0.255 e. The third-order valence-corrected chi connectivity index (χ3v) is 4.72. The molecule has 2 aliphatic heterocycles. The summed E-state index contributed by atoms with van der Waals surface area (Å²) in [6.07, 6.45) is 2.46. The molecule has 0 radical (unpaired) electrons. The van der Waals surface area contributed by atoms with Gasteiger partial charge in [0, 0.05) is 18.5 Å². The fourth-order valence-corrected chi connectivity index (χ4v) is 3.36. The number of hydrogen-bond acceptors (Lipinski definition) is 3. The second kappa shape index (κ2) is 6.14. The Morgan fingerprint density at radius 2 is 2.00 bits per heavy atom. The third-order valence-electron chi connectivity index (χ3n) is 4.72. The first-order valence-corrected chi connectivity index (χ1v) is 7.74. The highest BCUT2D eigenvalue weighted by molar-refractivity contribution is 6.07. The molecule has 0 spiro atoms. The number of amides is 3. The number of rotatable bonds is 3. The lowest BCUT2D eigenvalue weighted by Crippen LogP contribution is -2.61. The summed E-state index contributed by atoms with van der Waals surface area (Å²) < 4.78 is 0. The van der Waals surface area contributed by atoms with Crippen LogP contribution in [-0.4, -0.2) is 28.2 Å². The zero-order valence-electron chi connectivity index (χ0n) is 12.9. The number of nitrogens with zero attached hydrogens (tertiary/aromatic N) is 1. The summed E-state index contributed by atoms with van der Waals surface area (Å²) in [7, 11) is 0. The molecule has 3 amide bonds. The van der Waals surface area contributed by atoms with Gasteiger partial charge >= 0.3 is 0 Å². The fraction of sp³-hybridized carbons (Fsp3) is 0.500. The van der Waals surface area contributed by atoms with Crippen molar-refractivity contribution in [2.75, 3.05) is 0 Å². The van der Waals surface area contributed by atoms with Crippen LogP contribution in [0.4, 0.5) is 0 Å². The summed E-state index contributed by atoms with van der Waals surface area (Å²) in [5, 5.41) is 2.36. The van der Waals surface area contributed by atoms with Crippen molar-refractivity contribution in [2.45, 2.75) is 59.0 Å². The average Bonchev–Trinajstić information content (AvgIpc) is 2.83. The normalized spacial score (nSPS) is 23.4. The van der Waals surface area contributed by atoms with Crippen LogP contribution in [0.15, 0.2) is 18.2 Å². The SMILES string of the molecule is C.CCCc1cccc2c1C(=O)N([C@@]1(C)CCC(=O)NC1=O)C2. The van der Waals surface area contributed by atoms with E-state index in [9.17, 15) is 14.4 Å². The Morgan fingerprint density at radius 3 is 2.65 bits per heavy atom. The monoisotopic (exact) mass is 316 g/mol. The average molecular weight is 316 g/mol. The van der Waals surface area contributed by atoms with E-state index >= 15 is 0 Å². The molecule has 5 heteroatoms. The van der Waals surface area contributed by atoms with E-state index in [0.717, 1.165) is 29.5 Å². The molecule has 0 aliphatic carbocycles. The van der Waals surface area contributed by atoms with Crippen molar-refractivity contribution in [3.8, 4) is 0 Å². The van der Waals surface area contributed by atoms with Gasteiger partial charge in [0.15, 0.2) is 0 Å². The number of aryl methyl sites for hydroxylation is 1. The molecule has 2 aliphatic rings. The van der Waals surface area contributed by atoms with E-state index in [4.69, 9.17) is 0 Å². The minimum absolute atomic E-state index is 0. The Bertz CT molecular complexity index is 668. The van der Waals surface area contributed by atoms with Gasteiger partial charge in [-0.2, -0.15) is 0 Å². The summed E-state index contributed by atoms with van der Waals surface area (Å²) in [5.74, 6) is -0.730. The molecular weight excluding hydrogens is 292 g/mol. The molecule has 0 aromatic heterocycles. The van der Waals surface area contributed by atoms with Crippen molar-refractivity contribution in [1.29, 1.82) is 0 Å². The number of carbonyl (C=O) groups excluding carboxylic acids is 3. The van der Waals surface area contributed by atoms with Crippen molar-refractivity contribution in [3.63, 3.8) is 0 Å². The fourth-order valence-electron chi connectivity index (χ4n) is 3.36. The van der Waals surface area contributed by atoms with Crippen molar-refractivity contribution in [3.05, 3.63) is 34.9 Å². The van der Waals surface area contributed by atoms with Crippen LogP contribution in [0.1, 0.15) is 62.0 Å². The third kappa shape index (κ3) is 2.64. The first-order chi connectivity index (χ1) is 10.5. The Morgan fingerprint density at radius 1 is 1.26 bits per heavy atom. The summed E-state index contributed by atoms with van der Waals surface area (Å²) in [6, 6.07) is 5.89. The van der Waals surface area contributed by atoms with E-state index in [1.165, 1.54) is 0 Å². The zero-order chi connectivity index (χ0) is 15.9. The van der Waals surface area contributed by atoms with Gasteiger partial charge in [0.25, 0.3) is 11.8 Å². The van der Waals surface area contributed by atoms with E-state index in [-0.39, 0.29) is 31.6 Å². The number of piperidine rings is 1. The van der Waals surface area contributed by atoms with Crippen molar-refractivity contribution in [1.82, 2.24) is 10.2 Å². The van der Waals surface area contributed by atoms with Crippen molar-refractivity contribution < 1.29 is 14.4 Å². The van der Waals surface area contributed by atoms with Gasteiger partial charge < -0.3 is 4.90 Å². The minimum Gasteiger partial charge on any atom is -0.320 e. The van der Waals surface area contributed by atoms with Crippen LogP contribution in [0, 0.1) is 0 Å². The van der Waals surface area contributed by atoms with Crippen molar-refractivity contribution >= 4 is 17.7 Å². The lowest BCUT2D eigenvalue weighted by atomic mass is 9.89. The highest BCUT2D eigenvalue weighted by Crippen LogP contribution is 2.35. The van der Waals surface area contributed by atoms with Crippen LogP contribution in [-0.2, 0) is 22.6 Å². The molecule has 3 rings (SSSR count). The first kappa shape index (κ1) is 17.2. The standard InChI is InChI=1S/C17H20N2O3.CH4/c1-3-5-11-6-4-7-12-10-19(15(21)14(11)12)17(2)9-8-13(20)18-16(17)22;/h4,6-7H,3,5,8-10H2,1-2H3,(H,18,20,22);1H4/t17-;/m0./s1. The Labute approximate surface area is 137 Å². The summed E-state index contributed by atoms with van der Waals surface area (Å²) >= 11 is 0. The van der Waals surface area contributed by atoms with Crippen molar-refractivity contribution in [2.24, 2.45) is 0 Å². The number of benzene rings is 1. The first-order valence-electron chi connectivity index (χ1n) is 7.74. The molecule has 2 heterocycles. The van der Waals surface area contributed by atoms with E-state index < -0.39 is 5.54 Å². The van der Waals surface area contributed by atoms with Gasteiger partial charge in [-0.1, -0.05) is 39.0 Å². The molecule has 0 bridgehead atoms. The Balaban J connectivity index is 0.00000192. The molecule has 23 heavy (non-hydrogen) atoms. The Kier molecular flexibility index (Phi) is 4.59. The number of nitrogens with one attached hydrogen (secondary N) is 1.